The van der Waals surface area contributed by atoms with Crippen molar-refractivity contribution in [3.63, 3.8) is 0 Å². The Morgan fingerprint density at radius 2 is 2.07 bits per heavy atom. The molecule has 1 aromatic rings. The highest BCUT2D eigenvalue weighted by molar-refractivity contribution is 9.10. The summed E-state index contributed by atoms with van der Waals surface area (Å²) in [6.45, 7) is 6.37. The van der Waals surface area contributed by atoms with E-state index in [1.54, 1.807) is 6.07 Å². The van der Waals surface area contributed by atoms with Crippen LogP contribution in [0.4, 0.5) is 10.1 Å². The van der Waals surface area contributed by atoms with E-state index in [1.165, 1.54) is 6.07 Å². The maximum atomic E-state index is 13.5. The lowest BCUT2D eigenvalue weighted by Gasteiger charge is -2.22. The van der Waals surface area contributed by atoms with Gasteiger partial charge in [0.1, 0.15) is 5.82 Å². The first-order valence-corrected chi connectivity index (χ1v) is 6.06. The summed E-state index contributed by atoms with van der Waals surface area (Å²) in [4.78, 5) is 0. The van der Waals surface area contributed by atoms with Gasteiger partial charge >= 0.3 is 0 Å². The fourth-order valence-electron chi connectivity index (χ4n) is 1.36. The molecule has 15 heavy (non-hydrogen) atoms. The Balaban J connectivity index is 2.80. The Morgan fingerprint density at radius 3 is 2.60 bits per heavy atom. The van der Waals surface area contributed by atoms with Crippen LogP contribution in [0, 0.1) is 11.7 Å². The molecule has 0 aliphatic carbocycles. The molecule has 3 heteroatoms. The van der Waals surface area contributed by atoms with Crippen LogP contribution in [0.2, 0.25) is 0 Å². The van der Waals surface area contributed by atoms with Gasteiger partial charge in [0.15, 0.2) is 0 Å². The second-order valence-electron chi connectivity index (χ2n) is 3.92. The second-order valence-corrected chi connectivity index (χ2v) is 4.77. The van der Waals surface area contributed by atoms with Crippen LogP contribution in [0.1, 0.15) is 27.2 Å². The molecule has 0 saturated heterocycles. The van der Waals surface area contributed by atoms with E-state index in [0.717, 1.165) is 10.9 Å². The minimum absolute atomic E-state index is 0.209. The van der Waals surface area contributed by atoms with Crippen LogP contribution in [0.25, 0.3) is 0 Å². The van der Waals surface area contributed by atoms with E-state index >= 15 is 0 Å². The summed E-state index contributed by atoms with van der Waals surface area (Å²) in [5, 5.41) is 3.21. The zero-order chi connectivity index (χ0) is 11.4. The van der Waals surface area contributed by atoms with Crippen molar-refractivity contribution in [2.75, 3.05) is 5.32 Å². The third-order valence-electron chi connectivity index (χ3n) is 2.83. The number of rotatable bonds is 4. The molecular weight excluding hydrogens is 257 g/mol. The molecule has 1 aromatic carbocycles. The molecule has 0 aromatic heterocycles. The van der Waals surface area contributed by atoms with Crippen LogP contribution < -0.4 is 5.32 Å². The maximum absolute atomic E-state index is 13.5. The molecule has 0 amide bonds. The fraction of sp³-hybridized carbons (Fsp3) is 0.500. The van der Waals surface area contributed by atoms with E-state index in [1.807, 2.05) is 6.07 Å². The summed E-state index contributed by atoms with van der Waals surface area (Å²) in [6, 6.07) is 5.27. The minimum atomic E-state index is -0.209. The number of para-hydroxylation sites is 1. The highest BCUT2D eigenvalue weighted by Crippen LogP contribution is 2.27. The van der Waals surface area contributed by atoms with Crippen molar-refractivity contribution < 1.29 is 4.39 Å². The molecule has 0 aliphatic heterocycles. The minimum Gasteiger partial charge on any atom is -0.379 e. The monoisotopic (exact) mass is 273 g/mol. The first kappa shape index (κ1) is 12.5. The molecule has 1 nitrogen and oxygen atoms in total. The number of benzene rings is 1. The second kappa shape index (κ2) is 5.50. The Kier molecular flexibility index (Phi) is 4.58. The van der Waals surface area contributed by atoms with Crippen molar-refractivity contribution >= 4 is 21.6 Å². The number of halogens is 2. The number of nitrogens with one attached hydrogen (secondary N) is 1. The Morgan fingerprint density at radius 1 is 1.40 bits per heavy atom. The van der Waals surface area contributed by atoms with Gasteiger partial charge < -0.3 is 5.32 Å². The van der Waals surface area contributed by atoms with Gasteiger partial charge in [0.05, 0.1) is 5.69 Å². The van der Waals surface area contributed by atoms with Gasteiger partial charge in [-0.05, 0) is 40.9 Å². The summed E-state index contributed by atoms with van der Waals surface area (Å²) in [7, 11) is 0. The van der Waals surface area contributed by atoms with Crippen LogP contribution in [0.15, 0.2) is 22.7 Å². The van der Waals surface area contributed by atoms with Crippen molar-refractivity contribution in [1.29, 1.82) is 0 Å². The van der Waals surface area contributed by atoms with Crippen molar-refractivity contribution in [3.8, 4) is 0 Å². The van der Waals surface area contributed by atoms with Crippen molar-refractivity contribution in [3.05, 3.63) is 28.5 Å². The first-order valence-electron chi connectivity index (χ1n) is 5.26. The Labute approximate surface area is 99.2 Å². The molecule has 0 saturated carbocycles. The molecule has 0 radical (unpaired) electrons. The lowest BCUT2D eigenvalue weighted by Crippen LogP contribution is -2.24. The van der Waals surface area contributed by atoms with Gasteiger partial charge in [-0.1, -0.05) is 26.3 Å². The molecule has 1 rings (SSSR count). The zero-order valence-electron chi connectivity index (χ0n) is 9.35. The van der Waals surface area contributed by atoms with E-state index in [9.17, 15) is 4.39 Å². The fourth-order valence-corrected chi connectivity index (χ4v) is 1.82. The molecular formula is C12H17BrFN. The van der Waals surface area contributed by atoms with Gasteiger partial charge in [-0.15, -0.1) is 0 Å². The normalized spacial score (nSPS) is 14.7. The van der Waals surface area contributed by atoms with Gasteiger partial charge in [0, 0.05) is 10.5 Å². The topological polar surface area (TPSA) is 12.0 Å². The average Bonchev–Trinajstić information content (AvgIpc) is 2.22. The maximum Gasteiger partial charge on any atom is 0.147 e. The summed E-state index contributed by atoms with van der Waals surface area (Å²) < 4.78 is 14.3. The van der Waals surface area contributed by atoms with Gasteiger partial charge in [-0.2, -0.15) is 0 Å². The van der Waals surface area contributed by atoms with E-state index in [4.69, 9.17) is 0 Å². The Hall–Kier alpha value is -0.570. The van der Waals surface area contributed by atoms with Crippen LogP contribution >= 0.6 is 15.9 Å². The van der Waals surface area contributed by atoms with Crippen molar-refractivity contribution in [2.45, 2.75) is 33.2 Å². The smallest absolute Gasteiger partial charge is 0.147 e. The quantitative estimate of drug-likeness (QED) is 0.856. The highest BCUT2D eigenvalue weighted by atomic mass is 79.9. The molecule has 0 bridgehead atoms. The summed E-state index contributed by atoms with van der Waals surface area (Å²) in [5.74, 6) is 0.316. The lowest BCUT2D eigenvalue weighted by molar-refractivity contribution is 0.491. The Bertz CT molecular complexity index is 307. The van der Waals surface area contributed by atoms with Crippen LogP contribution in [0.5, 0.6) is 0 Å². The van der Waals surface area contributed by atoms with Crippen LogP contribution in [-0.4, -0.2) is 6.04 Å². The summed E-state index contributed by atoms with van der Waals surface area (Å²) in [5.41, 5.74) is 0.560. The van der Waals surface area contributed by atoms with Crippen molar-refractivity contribution in [1.82, 2.24) is 0 Å². The van der Waals surface area contributed by atoms with E-state index in [2.05, 4.69) is 42.0 Å². The number of anilines is 1. The lowest BCUT2D eigenvalue weighted by atomic mass is 10.0. The standard InChI is InChI=1S/C12H17BrFN/c1-4-8(2)9(3)15-12-10(13)6-5-7-11(12)14/h5-9,15H,4H2,1-3H3. The van der Waals surface area contributed by atoms with Gasteiger partial charge in [-0.3, -0.25) is 0 Å². The molecule has 1 N–H and O–H groups in total. The van der Waals surface area contributed by atoms with Crippen molar-refractivity contribution in [2.24, 2.45) is 5.92 Å². The van der Waals surface area contributed by atoms with E-state index in [-0.39, 0.29) is 11.9 Å². The summed E-state index contributed by atoms with van der Waals surface area (Å²) >= 11 is 3.34. The predicted octanol–water partition coefficient (Wildman–Crippen LogP) is 4.43. The van der Waals surface area contributed by atoms with Gasteiger partial charge in [-0.25, -0.2) is 4.39 Å². The highest BCUT2D eigenvalue weighted by Gasteiger charge is 2.13. The zero-order valence-corrected chi connectivity index (χ0v) is 10.9. The van der Waals surface area contributed by atoms with Crippen LogP contribution in [0.3, 0.4) is 0 Å². The predicted molar refractivity (Wildman–Crippen MR) is 66.6 cm³/mol. The third kappa shape index (κ3) is 3.20. The molecule has 0 aliphatic rings. The molecule has 84 valence electrons. The molecule has 2 atom stereocenters. The first-order chi connectivity index (χ1) is 7.06. The SMILES string of the molecule is CCC(C)C(C)Nc1c(F)cccc1Br. The van der Waals surface area contributed by atoms with Gasteiger partial charge in [0.2, 0.25) is 0 Å². The van der Waals surface area contributed by atoms with Gasteiger partial charge in [0.25, 0.3) is 0 Å². The number of hydrogen-bond donors (Lipinski definition) is 1. The molecule has 0 spiro atoms. The average molecular weight is 274 g/mol. The molecule has 0 fully saturated rings. The van der Waals surface area contributed by atoms with E-state index < -0.39 is 0 Å². The van der Waals surface area contributed by atoms with E-state index in [0.29, 0.717) is 11.6 Å². The summed E-state index contributed by atoms with van der Waals surface area (Å²) in [6.07, 6.45) is 1.08. The molecule has 2 unspecified atom stereocenters. The number of hydrogen-bond acceptors (Lipinski definition) is 1. The molecule has 0 heterocycles. The van der Waals surface area contributed by atoms with Crippen LogP contribution in [-0.2, 0) is 0 Å². The largest absolute Gasteiger partial charge is 0.379 e. The third-order valence-corrected chi connectivity index (χ3v) is 3.49.